The molecule has 17 heavy (non-hydrogen) atoms. The van der Waals surface area contributed by atoms with Crippen LogP contribution < -0.4 is 10.5 Å². The molecule has 1 heterocycles. The molecule has 1 aliphatic heterocycles. The summed E-state index contributed by atoms with van der Waals surface area (Å²) in [5.41, 5.74) is 6.62. The minimum Gasteiger partial charge on any atom is -0.434 e. The molecule has 1 aromatic rings. The van der Waals surface area contributed by atoms with Gasteiger partial charge in [-0.2, -0.15) is 13.9 Å². The highest BCUT2D eigenvalue weighted by atomic mass is 19.3. The quantitative estimate of drug-likeness (QED) is 0.878. The molecule has 1 aliphatic rings. The second-order valence-corrected chi connectivity index (χ2v) is 3.51. The van der Waals surface area contributed by atoms with Gasteiger partial charge < -0.3 is 10.5 Å². The lowest BCUT2D eigenvalue weighted by molar-refractivity contribution is -0.0499. The predicted molar refractivity (Wildman–Crippen MR) is 60.5 cm³/mol. The summed E-state index contributed by atoms with van der Waals surface area (Å²) in [7, 11) is 0. The van der Waals surface area contributed by atoms with E-state index in [9.17, 15) is 8.78 Å². The van der Waals surface area contributed by atoms with Crippen molar-refractivity contribution in [3.63, 3.8) is 0 Å². The molecule has 0 spiro atoms. The number of benzene rings is 1. The third-order valence-electron chi connectivity index (χ3n) is 2.33. The van der Waals surface area contributed by atoms with Crippen molar-refractivity contribution in [2.75, 3.05) is 0 Å². The molecule has 1 aromatic carbocycles. The summed E-state index contributed by atoms with van der Waals surface area (Å²) in [6.45, 7) is -2.85. The van der Waals surface area contributed by atoms with Crippen LogP contribution in [0.3, 0.4) is 0 Å². The standard InChI is InChI=1S/C11H11F2N3O/c12-11(13)17-9-4-2-1-3-7(9)8-5-6-10(14)16-15-8/h1-4,11H,5-6H2,(H2,14,16). The molecule has 0 radical (unpaired) electrons. The van der Waals surface area contributed by atoms with Crippen LogP contribution in [0, 0.1) is 0 Å². The Morgan fingerprint density at radius 3 is 2.59 bits per heavy atom. The van der Waals surface area contributed by atoms with Gasteiger partial charge in [0.2, 0.25) is 0 Å². The SMILES string of the molecule is NC1=NN=C(c2ccccc2OC(F)F)CC1. The third-order valence-corrected chi connectivity index (χ3v) is 2.33. The van der Waals surface area contributed by atoms with Crippen molar-refractivity contribution in [3.8, 4) is 5.75 Å². The van der Waals surface area contributed by atoms with Crippen LogP contribution in [0.2, 0.25) is 0 Å². The lowest BCUT2D eigenvalue weighted by Gasteiger charge is -2.13. The Labute approximate surface area is 96.8 Å². The lowest BCUT2D eigenvalue weighted by atomic mass is 10.0. The largest absolute Gasteiger partial charge is 0.434 e. The molecule has 0 unspecified atom stereocenters. The molecule has 0 aliphatic carbocycles. The maximum Gasteiger partial charge on any atom is 0.387 e. The van der Waals surface area contributed by atoms with Crippen molar-refractivity contribution in [2.45, 2.75) is 19.5 Å². The first-order valence-corrected chi connectivity index (χ1v) is 5.10. The maximum absolute atomic E-state index is 12.2. The van der Waals surface area contributed by atoms with Crippen LogP contribution >= 0.6 is 0 Å². The van der Waals surface area contributed by atoms with Crippen LogP contribution in [0.4, 0.5) is 8.78 Å². The fourth-order valence-corrected chi connectivity index (χ4v) is 1.56. The maximum atomic E-state index is 12.2. The predicted octanol–water partition coefficient (Wildman–Crippen LogP) is 2.14. The van der Waals surface area contributed by atoms with Gasteiger partial charge in [-0.15, -0.1) is 5.10 Å². The second kappa shape index (κ2) is 4.90. The molecular formula is C11H11F2N3O. The summed E-state index contributed by atoms with van der Waals surface area (Å²) in [4.78, 5) is 0. The van der Waals surface area contributed by atoms with E-state index in [4.69, 9.17) is 5.73 Å². The summed E-state index contributed by atoms with van der Waals surface area (Å²) in [6, 6.07) is 6.51. The van der Waals surface area contributed by atoms with Gasteiger partial charge in [0.1, 0.15) is 11.6 Å². The van der Waals surface area contributed by atoms with Crippen LogP contribution in [0.25, 0.3) is 0 Å². The zero-order valence-electron chi connectivity index (χ0n) is 8.94. The Bertz CT molecular complexity index is 472. The first kappa shape index (κ1) is 11.5. The van der Waals surface area contributed by atoms with Gasteiger partial charge in [-0.05, 0) is 18.6 Å². The zero-order valence-corrected chi connectivity index (χ0v) is 8.94. The van der Waals surface area contributed by atoms with Gasteiger partial charge in [-0.3, -0.25) is 0 Å². The van der Waals surface area contributed by atoms with Gasteiger partial charge in [0.25, 0.3) is 0 Å². The molecule has 0 saturated carbocycles. The number of hydrogen-bond donors (Lipinski definition) is 1. The van der Waals surface area contributed by atoms with Gasteiger partial charge >= 0.3 is 6.61 Å². The Morgan fingerprint density at radius 2 is 1.94 bits per heavy atom. The van der Waals surface area contributed by atoms with Crippen molar-refractivity contribution >= 4 is 11.5 Å². The summed E-state index contributed by atoms with van der Waals surface area (Å²) < 4.78 is 28.9. The van der Waals surface area contributed by atoms with E-state index in [0.717, 1.165) is 0 Å². The minimum atomic E-state index is -2.85. The number of amidine groups is 1. The van der Waals surface area contributed by atoms with Crippen LogP contribution in [0.5, 0.6) is 5.75 Å². The van der Waals surface area contributed by atoms with E-state index in [-0.39, 0.29) is 5.75 Å². The Kier molecular flexibility index (Phi) is 3.32. The highest BCUT2D eigenvalue weighted by Crippen LogP contribution is 2.23. The van der Waals surface area contributed by atoms with E-state index in [2.05, 4.69) is 14.9 Å². The van der Waals surface area contributed by atoms with E-state index < -0.39 is 6.61 Å². The Hall–Kier alpha value is -1.98. The van der Waals surface area contributed by atoms with E-state index in [1.165, 1.54) is 6.07 Å². The molecule has 0 amide bonds. The molecular weight excluding hydrogens is 228 g/mol. The van der Waals surface area contributed by atoms with Crippen LogP contribution in [-0.4, -0.2) is 18.2 Å². The van der Waals surface area contributed by atoms with Gasteiger partial charge in [-0.25, -0.2) is 0 Å². The number of nitrogens with two attached hydrogens (primary N) is 1. The first-order valence-electron chi connectivity index (χ1n) is 5.10. The number of ether oxygens (including phenoxy) is 1. The lowest BCUT2D eigenvalue weighted by Crippen LogP contribution is -2.18. The average molecular weight is 239 g/mol. The van der Waals surface area contributed by atoms with Crippen LogP contribution in [0.1, 0.15) is 18.4 Å². The van der Waals surface area contributed by atoms with Gasteiger partial charge in [0, 0.05) is 12.0 Å². The number of nitrogens with zero attached hydrogens (tertiary/aromatic N) is 2. The zero-order chi connectivity index (χ0) is 12.3. The van der Waals surface area contributed by atoms with Gasteiger partial charge in [0.15, 0.2) is 0 Å². The summed E-state index contributed by atoms with van der Waals surface area (Å²) >= 11 is 0. The smallest absolute Gasteiger partial charge is 0.387 e. The molecule has 0 aromatic heterocycles. The number of alkyl halides is 2. The summed E-state index contributed by atoms with van der Waals surface area (Å²) in [5, 5.41) is 7.65. The van der Waals surface area contributed by atoms with E-state index in [1.54, 1.807) is 18.2 Å². The molecule has 0 atom stereocenters. The molecule has 0 bridgehead atoms. The fraction of sp³-hybridized carbons (Fsp3) is 0.273. The molecule has 90 valence electrons. The average Bonchev–Trinajstić information content (AvgIpc) is 2.30. The molecule has 2 rings (SSSR count). The number of hydrogen-bond acceptors (Lipinski definition) is 4. The molecule has 2 N–H and O–H groups in total. The van der Waals surface area contributed by atoms with E-state index in [1.807, 2.05) is 0 Å². The van der Waals surface area contributed by atoms with Gasteiger partial charge in [-0.1, -0.05) is 12.1 Å². The highest BCUT2D eigenvalue weighted by molar-refractivity contribution is 6.05. The Balaban J connectivity index is 2.32. The van der Waals surface area contributed by atoms with Crippen molar-refractivity contribution in [2.24, 2.45) is 15.9 Å². The minimum absolute atomic E-state index is 0.108. The fourth-order valence-electron chi connectivity index (χ4n) is 1.56. The number of rotatable bonds is 3. The number of halogens is 2. The summed E-state index contributed by atoms with van der Waals surface area (Å²) in [5.74, 6) is 0.554. The molecule has 0 fully saturated rings. The third kappa shape index (κ3) is 2.77. The first-order chi connectivity index (χ1) is 8.16. The van der Waals surface area contributed by atoms with E-state index in [0.29, 0.717) is 30.0 Å². The highest BCUT2D eigenvalue weighted by Gasteiger charge is 2.16. The van der Waals surface area contributed by atoms with Crippen molar-refractivity contribution in [3.05, 3.63) is 29.8 Å². The second-order valence-electron chi connectivity index (χ2n) is 3.51. The molecule has 6 heteroatoms. The topological polar surface area (TPSA) is 60.0 Å². The Morgan fingerprint density at radius 1 is 1.18 bits per heavy atom. The van der Waals surface area contributed by atoms with Gasteiger partial charge in [0.05, 0.1) is 5.71 Å². The van der Waals surface area contributed by atoms with Crippen molar-refractivity contribution in [1.29, 1.82) is 0 Å². The van der Waals surface area contributed by atoms with Crippen molar-refractivity contribution in [1.82, 2.24) is 0 Å². The van der Waals surface area contributed by atoms with Crippen LogP contribution in [0.15, 0.2) is 34.5 Å². The normalized spacial score (nSPS) is 15.5. The molecule has 0 saturated heterocycles. The van der Waals surface area contributed by atoms with E-state index >= 15 is 0 Å². The van der Waals surface area contributed by atoms with Crippen molar-refractivity contribution < 1.29 is 13.5 Å². The monoisotopic (exact) mass is 239 g/mol. The number of para-hydroxylation sites is 1. The summed E-state index contributed by atoms with van der Waals surface area (Å²) in [6.07, 6.45) is 1.14. The molecule has 4 nitrogen and oxygen atoms in total. The van der Waals surface area contributed by atoms with Crippen LogP contribution in [-0.2, 0) is 0 Å².